The molecule has 0 bridgehead atoms. The number of hydrogen-bond donors (Lipinski definition) is 4. The van der Waals surface area contributed by atoms with Crippen molar-refractivity contribution in [1.82, 2.24) is 4.72 Å². The summed E-state index contributed by atoms with van der Waals surface area (Å²) < 4.78 is 54.4. The van der Waals surface area contributed by atoms with E-state index in [0.717, 1.165) is 13.0 Å². The fourth-order valence-corrected chi connectivity index (χ4v) is 4.31. The summed E-state index contributed by atoms with van der Waals surface area (Å²) in [5, 5.41) is 17.5. The van der Waals surface area contributed by atoms with Crippen LogP contribution in [-0.4, -0.2) is 52.6 Å². The minimum absolute atomic E-state index is 0.0769. The van der Waals surface area contributed by atoms with Gasteiger partial charge >= 0.3 is 5.97 Å². The third-order valence-corrected chi connectivity index (χ3v) is 6.55. The molecule has 0 unspecified atom stereocenters. The standard InChI is InChI=1S/C18H20ClN3O8S2/c1-11(23)17(22-32(28,29)14-7-5-12(19)6-8-14)18(25)30-10-16(24)21-13-3-2-4-15(9-13)31(20,26)27/h2-9,11,17,22-23H,10H2,1H3,(H,21,24)(H2,20,26,27)/t11-,17-/m1/s1. The first-order chi connectivity index (χ1) is 14.8. The number of benzene rings is 2. The van der Waals surface area contributed by atoms with Gasteiger partial charge in [-0.2, -0.15) is 4.72 Å². The number of carbonyl (C=O) groups is 2. The number of nitrogens with one attached hydrogen (secondary N) is 2. The molecule has 0 aromatic heterocycles. The highest BCUT2D eigenvalue weighted by Gasteiger charge is 2.31. The molecular formula is C18H20ClN3O8S2. The molecule has 0 saturated carbocycles. The van der Waals surface area contributed by atoms with Gasteiger partial charge in [-0.25, -0.2) is 22.0 Å². The SMILES string of the molecule is C[C@@H](O)[C@@H](NS(=O)(=O)c1ccc(Cl)cc1)C(=O)OCC(=O)Nc1cccc(S(N)(=O)=O)c1. The highest BCUT2D eigenvalue weighted by Crippen LogP contribution is 2.16. The zero-order chi connectivity index (χ0) is 24.1. The highest BCUT2D eigenvalue weighted by atomic mass is 35.5. The van der Waals surface area contributed by atoms with Gasteiger partial charge in [-0.3, -0.25) is 9.59 Å². The maximum Gasteiger partial charge on any atom is 0.327 e. The van der Waals surface area contributed by atoms with Crippen molar-refractivity contribution in [2.45, 2.75) is 28.9 Å². The Bertz CT molecular complexity index is 1200. The van der Waals surface area contributed by atoms with E-state index in [2.05, 4.69) is 5.32 Å². The average molecular weight is 506 g/mol. The number of anilines is 1. The van der Waals surface area contributed by atoms with Crippen LogP contribution in [0.5, 0.6) is 0 Å². The molecule has 5 N–H and O–H groups in total. The number of aliphatic hydroxyl groups excluding tert-OH is 1. The third kappa shape index (κ3) is 7.25. The molecule has 32 heavy (non-hydrogen) atoms. The van der Waals surface area contributed by atoms with E-state index < -0.39 is 50.7 Å². The van der Waals surface area contributed by atoms with E-state index >= 15 is 0 Å². The molecule has 2 atom stereocenters. The van der Waals surface area contributed by atoms with E-state index in [4.69, 9.17) is 21.5 Å². The molecule has 0 heterocycles. The number of amides is 1. The second kappa shape index (κ2) is 10.4. The number of aliphatic hydroxyl groups is 1. The second-order valence-corrected chi connectivity index (χ2v) is 10.2. The van der Waals surface area contributed by atoms with Gasteiger partial charge in [0.05, 0.1) is 15.9 Å². The first kappa shape index (κ1) is 25.7. The Morgan fingerprint density at radius 3 is 2.28 bits per heavy atom. The van der Waals surface area contributed by atoms with Gasteiger partial charge in [0.2, 0.25) is 20.0 Å². The number of halogens is 1. The average Bonchev–Trinajstić information content (AvgIpc) is 2.70. The lowest BCUT2D eigenvalue weighted by molar-refractivity contribution is -0.151. The van der Waals surface area contributed by atoms with Crippen molar-refractivity contribution in [3.8, 4) is 0 Å². The zero-order valence-corrected chi connectivity index (χ0v) is 18.9. The molecular weight excluding hydrogens is 486 g/mol. The molecule has 1 amide bonds. The maximum absolute atomic E-state index is 12.4. The molecule has 2 aromatic rings. The Labute approximate surface area is 189 Å². The number of rotatable bonds is 9. The molecule has 0 spiro atoms. The normalized spacial score (nSPS) is 13.8. The van der Waals surface area contributed by atoms with Crippen LogP contribution < -0.4 is 15.2 Å². The first-order valence-electron chi connectivity index (χ1n) is 8.85. The van der Waals surface area contributed by atoms with Crippen LogP contribution in [0.1, 0.15) is 6.92 Å². The van der Waals surface area contributed by atoms with E-state index in [0.29, 0.717) is 5.02 Å². The largest absolute Gasteiger partial charge is 0.454 e. The number of primary sulfonamides is 1. The summed E-state index contributed by atoms with van der Waals surface area (Å²) in [6.07, 6.45) is -1.49. The predicted octanol–water partition coefficient (Wildman–Crippen LogP) is 0.197. The quantitative estimate of drug-likeness (QED) is 0.348. The van der Waals surface area contributed by atoms with Crippen LogP contribution in [0.15, 0.2) is 58.3 Å². The molecule has 14 heteroatoms. The number of sulfonamides is 2. The van der Waals surface area contributed by atoms with Crippen LogP contribution in [0.25, 0.3) is 0 Å². The van der Waals surface area contributed by atoms with Crippen molar-refractivity contribution >= 4 is 49.2 Å². The second-order valence-electron chi connectivity index (χ2n) is 6.52. The van der Waals surface area contributed by atoms with Crippen molar-refractivity contribution in [3.63, 3.8) is 0 Å². The predicted molar refractivity (Wildman–Crippen MR) is 115 cm³/mol. The highest BCUT2D eigenvalue weighted by molar-refractivity contribution is 7.89. The summed E-state index contributed by atoms with van der Waals surface area (Å²) in [6.45, 7) is 0.333. The van der Waals surface area contributed by atoms with Gasteiger partial charge in [0, 0.05) is 10.7 Å². The lowest BCUT2D eigenvalue weighted by Gasteiger charge is -2.20. The monoisotopic (exact) mass is 505 g/mol. The summed E-state index contributed by atoms with van der Waals surface area (Å²) in [7, 11) is -8.20. The van der Waals surface area contributed by atoms with Crippen LogP contribution in [0, 0.1) is 0 Å². The molecule has 2 aromatic carbocycles. The van der Waals surface area contributed by atoms with Gasteiger partial charge in [-0.15, -0.1) is 0 Å². The van der Waals surface area contributed by atoms with Gasteiger partial charge in [-0.1, -0.05) is 17.7 Å². The van der Waals surface area contributed by atoms with Crippen LogP contribution >= 0.6 is 11.6 Å². The fourth-order valence-electron chi connectivity index (χ4n) is 2.37. The Morgan fingerprint density at radius 1 is 1.09 bits per heavy atom. The smallest absolute Gasteiger partial charge is 0.327 e. The van der Waals surface area contributed by atoms with Crippen LogP contribution in [0.3, 0.4) is 0 Å². The van der Waals surface area contributed by atoms with Gasteiger partial charge in [0.15, 0.2) is 6.61 Å². The Kier molecular flexibility index (Phi) is 8.34. The van der Waals surface area contributed by atoms with Gasteiger partial charge < -0.3 is 15.2 Å². The van der Waals surface area contributed by atoms with Crippen LogP contribution in [-0.2, 0) is 34.4 Å². The lowest BCUT2D eigenvalue weighted by Crippen LogP contribution is -2.48. The zero-order valence-electron chi connectivity index (χ0n) is 16.6. The summed E-state index contributed by atoms with van der Waals surface area (Å²) in [5.41, 5.74) is 0.0769. The molecule has 0 aliphatic rings. The number of esters is 1. The van der Waals surface area contributed by atoms with E-state index in [1.807, 2.05) is 4.72 Å². The van der Waals surface area contributed by atoms with Crippen molar-refractivity contribution in [2.75, 3.05) is 11.9 Å². The lowest BCUT2D eigenvalue weighted by atomic mass is 10.2. The van der Waals surface area contributed by atoms with E-state index in [9.17, 15) is 31.5 Å². The van der Waals surface area contributed by atoms with Gasteiger partial charge in [0.1, 0.15) is 6.04 Å². The van der Waals surface area contributed by atoms with Gasteiger partial charge in [0.25, 0.3) is 5.91 Å². The first-order valence-corrected chi connectivity index (χ1v) is 12.3. The van der Waals surface area contributed by atoms with Crippen molar-refractivity contribution < 1.29 is 36.3 Å². The molecule has 0 radical (unpaired) electrons. The fraction of sp³-hybridized carbons (Fsp3) is 0.222. The number of ether oxygens (including phenoxy) is 1. The Hall–Kier alpha value is -2.55. The molecule has 0 fully saturated rings. The minimum Gasteiger partial charge on any atom is -0.454 e. The number of carbonyl (C=O) groups excluding carboxylic acids is 2. The minimum atomic E-state index is -4.21. The molecule has 0 saturated heterocycles. The maximum atomic E-state index is 12.4. The third-order valence-electron chi connectivity index (χ3n) is 3.93. The summed E-state index contributed by atoms with van der Waals surface area (Å²) >= 11 is 5.72. The van der Waals surface area contributed by atoms with E-state index in [-0.39, 0.29) is 15.5 Å². The van der Waals surface area contributed by atoms with Gasteiger partial charge in [-0.05, 0) is 49.4 Å². The van der Waals surface area contributed by atoms with Crippen LogP contribution in [0.2, 0.25) is 5.02 Å². The Morgan fingerprint density at radius 2 is 1.72 bits per heavy atom. The topological polar surface area (TPSA) is 182 Å². The van der Waals surface area contributed by atoms with Crippen molar-refractivity contribution in [2.24, 2.45) is 5.14 Å². The molecule has 11 nitrogen and oxygen atoms in total. The summed E-state index contributed by atoms with van der Waals surface area (Å²) in [5.74, 6) is -2.04. The molecule has 174 valence electrons. The van der Waals surface area contributed by atoms with Crippen LogP contribution in [0.4, 0.5) is 5.69 Å². The molecule has 2 rings (SSSR count). The van der Waals surface area contributed by atoms with E-state index in [1.165, 1.54) is 42.5 Å². The van der Waals surface area contributed by atoms with Crippen molar-refractivity contribution in [3.05, 3.63) is 53.6 Å². The molecule has 0 aliphatic heterocycles. The molecule has 0 aliphatic carbocycles. The summed E-state index contributed by atoms with van der Waals surface area (Å²) in [6, 6.07) is 8.44. The Balaban J connectivity index is 2.02. The van der Waals surface area contributed by atoms with Crippen molar-refractivity contribution in [1.29, 1.82) is 0 Å². The summed E-state index contributed by atoms with van der Waals surface area (Å²) in [4.78, 5) is 23.9. The van der Waals surface area contributed by atoms with E-state index in [1.54, 1.807) is 0 Å². The number of hydrogen-bond acceptors (Lipinski definition) is 8. The number of nitrogens with two attached hydrogens (primary N) is 1.